The van der Waals surface area contributed by atoms with E-state index in [1.165, 1.54) is 18.2 Å². The third kappa shape index (κ3) is 3.60. The van der Waals surface area contributed by atoms with Crippen LogP contribution >= 0.6 is 0 Å². The number of amides is 1. The maximum absolute atomic E-state index is 13.8. The topological polar surface area (TPSA) is 57.6 Å². The first-order valence-electron chi connectivity index (χ1n) is 7.29. The highest BCUT2D eigenvalue weighted by Crippen LogP contribution is 2.26. The molecule has 0 bridgehead atoms. The lowest BCUT2D eigenvalue weighted by Crippen LogP contribution is -2.43. The van der Waals surface area contributed by atoms with Crippen molar-refractivity contribution in [3.8, 4) is 0 Å². The van der Waals surface area contributed by atoms with E-state index in [1.54, 1.807) is 17.9 Å². The number of nitrogens with zero attached hydrogens (tertiary/aromatic N) is 1. The molecule has 4 nitrogen and oxygen atoms in total. The average molecular weight is 293 g/mol. The molecule has 21 heavy (non-hydrogen) atoms. The van der Waals surface area contributed by atoms with Crippen molar-refractivity contribution in [2.24, 2.45) is 5.92 Å². The molecule has 0 spiro atoms. The molecule has 0 radical (unpaired) electrons. The summed E-state index contributed by atoms with van der Waals surface area (Å²) in [5.74, 6) is -2.58. The van der Waals surface area contributed by atoms with Crippen molar-refractivity contribution in [3.05, 3.63) is 35.6 Å². The highest BCUT2D eigenvalue weighted by molar-refractivity contribution is 5.95. The van der Waals surface area contributed by atoms with Crippen LogP contribution in [0.25, 0.3) is 0 Å². The fourth-order valence-electron chi connectivity index (χ4n) is 2.78. The zero-order valence-electron chi connectivity index (χ0n) is 12.1. The summed E-state index contributed by atoms with van der Waals surface area (Å²) in [4.78, 5) is 25.2. The minimum Gasteiger partial charge on any atom is -0.481 e. The van der Waals surface area contributed by atoms with E-state index in [2.05, 4.69) is 0 Å². The van der Waals surface area contributed by atoms with Gasteiger partial charge in [0, 0.05) is 12.6 Å². The summed E-state index contributed by atoms with van der Waals surface area (Å²) >= 11 is 0. The van der Waals surface area contributed by atoms with Gasteiger partial charge in [0.1, 0.15) is 5.82 Å². The lowest BCUT2D eigenvalue weighted by molar-refractivity contribution is -0.141. The monoisotopic (exact) mass is 293 g/mol. The highest BCUT2D eigenvalue weighted by Gasteiger charge is 2.31. The van der Waals surface area contributed by atoms with Gasteiger partial charge >= 0.3 is 5.97 Å². The smallest absolute Gasteiger partial charge is 0.308 e. The first-order valence-corrected chi connectivity index (χ1v) is 7.29. The Balaban J connectivity index is 2.24. The molecule has 0 aliphatic heterocycles. The Morgan fingerprint density at radius 2 is 1.95 bits per heavy atom. The van der Waals surface area contributed by atoms with Gasteiger partial charge in [0.15, 0.2) is 0 Å². The van der Waals surface area contributed by atoms with Crippen molar-refractivity contribution in [2.45, 2.75) is 38.6 Å². The van der Waals surface area contributed by atoms with Gasteiger partial charge in [-0.25, -0.2) is 4.39 Å². The van der Waals surface area contributed by atoms with Crippen LogP contribution < -0.4 is 0 Å². The Morgan fingerprint density at radius 1 is 1.33 bits per heavy atom. The molecule has 1 N–H and O–H groups in total. The van der Waals surface area contributed by atoms with Crippen molar-refractivity contribution in [1.29, 1.82) is 0 Å². The second kappa shape index (κ2) is 6.70. The molecule has 1 unspecified atom stereocenters. The number of hydrogen-bond acceptors (Lipinski definition) is 2. The SMILES string of the molecule is CC(CN(C(=O)c1ccccc1F)C1CCCC1)C(=O)O. The van der Waals surface area contributed by atoms with Crippen LogP contribution in [0.3, 0.4) is 0 Å². The fourth-order valence-corrected chi connectivity index (χ4v) is 2.78. The van der Waals surface area contributed by atoms with Gasteiger partial charge in [-0.05, 0) is 25.0 Å². The van der Waals surface area contributed by atoms with Crippen LogP contribution in [0.2, 0.25) is 0 Å². The molecule has 1 aromatic carbocycles. The number of carbonyl (C=O) groups excluding carboxylic acids is 1. The van der Waals surface area contributed by atoms with Crippen LogP contribution in [0.15, 0.2) is 24.3 Å². The molecule has 5 heteroatoms. The Labute approximate surface area is 123 Å². The van der Waals surface area contributed by atoms with Gasteiger partial charge < -0.3 is 10.0 Å². The van der Waals surface area contributed by atoms with E-state index in [0.29, 0.717) is 0 Å². The molecular formula is C16H20FNO3. The van der Waals surface area contributed by atoms with Crippen LogP contribution in [-0.2, 0) is 4.79 Å². The zero-order valence-corrected chi connectivity index (χ0v) is 12.1. The van der Waals surface area contributed by atoms with Crippen molar-refractivity contribution in [1.82, 2.24) is 4.90 Å². The molecule has 0 saturated heterocycles. The van der Waals surface area contributed by atoms with Gasteiger partial charge in [0.2, 0.25) is 0 Å². The van der Waals surface area contributed by atoms with Gasteiger partial charge in [-0.15, -0.1) is 0 Å². The number of rotatable bonds is 5. The Morgan fingerprint density at radius 3 is 2.52 bits per heavy atom. The molecule has 1 aliphatic rings. The lowest BCUT2D eigenvalue weighted by Gasteiger charge is -2.30. The predicted octanol–water partition coefficient (Wildman–Crippen LogP) is 2.93. The molecule has 0 aromatic heterocycles. The number of carboxylic acid groups (broad SMARTS) is 1. The number of carbonyl (C=O) groups is 2. The number of halogens is 1. The van der Waals surface area contributed by atoms with E-state index in [4.69, 9.17) is 5.11 Å². The molecule has 1 saturated carbocycles. The lowest BCUT2D eigenvalue weighted by atomic mass is 10.1. The summed E-state index contributed by atoms with van der Waals surface area (Å²) in [5.41, 5.74) is 0.0157. The normalized spacial score (nSPS) is 16.7. The van der Waals surface area contributed by atoms with Crippen LogP contribution in [0.5, 0.6) is 0 Å². The fraction of sp³-hybridized carbons (Fsp3) is 0.500. The minimum atomic E-state index is -0.945. The zero-order chi connectivity index (χ0) is 15.4. The molecule has 1 aliphatic carbocycles. The van der Waals surface area contributed by atoms with Crippen molar-refractivity contribution < 1.29 is 19.1 Å². The second-order valence-electron chi connectivity index (χ2n) is 5.61. The Bertz CT molecular complexity index is 526. The first kappa shape index (κ1) is 15.5. The molecule has 1 aromatic rings. The molecule has 0 heterocycles. The van der Waals surface area contributed by atoms with E-state index < -0.39 is 23.6 Å². The number of benzene rings is 1. The summed E-state index contributed by atoms with van der Waals surface area (Å²) in [5, 5.41) is 9.07. The summed E-state index contributed by atoms with van der Waals surface area (Å²) in [6.45, 7) is 1.69. The number of carboxylic acids is 1. The molecule has 1 atom stereocenters. The Hall–Kier alpha value is -1.91. The van der Waals surface area contributed by atoms with Crippen molar-refractivity contribution in [3.63, 3.8) is 0 Å². The third-order valence-electron chi connectivity index (χ3n) is 4.02. The van der Waals surface area contributed by atoms with Gasteiger partial charge in [0.25, 0.3) is 5.91 Å². The van der Waals surface area contributed by atoms with Crippen molar-refractivity contribution >= 4 is 11.9 Å². The van der Waals surface area contributed by atoms with Crippen LogP contribution in [0.4, 0.5) is 4.39 Å². The summed E-state index contributed by atoms with van der Waals surface area (Å²) in [6, 6.07) is 5.86. The van der Waals surface area contributed by atoms with Gasteiger partial charge in [-0.1, -0.05) is 31.9 Å². The number of aliphatic carboxylic acids is 1. The molecular weight excluding hydrogens is 273 g/mol. The molecule has 1 fully saturated rings. The van der Waals surface area contributed by atoms with E-state index in [1.807, 2.05) is 0 Å². The van der Waals surface area contributed by atoms with E-state index in [-0.39, 0.29) is 18.2 Å². The van der Waals surface area contributed by atoms with Gasteiger partial charge in [-0.2, -0.15) is 0 Å². The van der Waals surface area contributed by atoms with E-state index in [0.717, 1.165) is 25.7 Å². The Kier molecular flexibility index (Phi) is 4.94. The van der Waals surface area contributed by atoms with E-state index in [9.17, 15) is 14.0 Å². The summed E-state index contributed by atoms with van der Waals surface area (Å²) < 4.78 is 13.8. The summed E-state index contributed by atoms with van der Waals surface area (Å²) in [6.07, 6.45) is 3.75. The largest absolute Gasteiger partial charge is 0.481 e. The second-order valence-corrected chi connectivity index (χ2v) is 5.61. The maximum Gasteiger partial charge on any atom is 0.308 e. The minimum absolute atomic E-state index is 0.0129. The first-order chi connectivity index (χ1) is 10.0. The third-order valence-corrected chi connectivity index (χ3v) is 4.02. The van der Waals surface area contributed by atoms with Crippen LogP contribution in [-0.4, -0.2) is 34.5 Å². The molecule has 1 amide bonds. The highest BCUT2D eigenvalue weighted by atomic mass is 19.1. The van der Waals surface area contributed by atoms with Gasteiger partial charge in [0.05, 0.1) is 11.5 Å². The van der Waals surface area contributed by atoms with Gasteiger partial charge in [-0.3, -0.25) is 9.59 Å². The van der Waals surface area contributed by atoms with Crippen molar-refractivity contribution in [2.75, 3.05) is 6.54 Å². The standard InChI is InChI=1S/C16H20FNO3/c1-11(16(20)21)10-18(12-6-2-3-7-12)15(19)13-8-4-5-9-14(13)17/h4-5,8-9,11-12H,2-3,6-7,10H2,1H3,(H,20,21). The predicted molar refractivity (Wildman–Crippen MR) is 76.5 cm³/mol. The quantitative estimate of drug-likeness (QED) is 0.908. The number of hydrogen-bond donors (Lipinski definition) is 1. The van der Waals surface area contributed by atoms with Crippen LogP contribution in [0.1, 0.15) is 43.0 Å². The maximum atomic E-state index is 13.8. The average Bonchev–Trinajstić information content (AvgIpc) is 2.98. The molecule has 2 rings (SSSR count). The summed E-state index contributed by atoms with van der Waals surface area (Å²) in [7, 11) is 0. The molecule has 114 valence electrons. The van der Waals surface area contributed by atoms with E-state index >= 15 is 0 Å². The van der Waals surface area contributed by atoms with Crippen LogP contribution in [0, 0.1) is 11.7 Å².